The molecule has 1 aliphatic heterocycles. The first-order valence-corrected chi connectivity index (χ1v) is 13.1. The highest BCUT2D eigenvalue weighted by Gasteiger charge is 2.71. The molecular formula is C28H35F3N2O6. The molecule has 0 radical (unpaired) electrons. The maximum absolute atomic E-state index is 15.1. The fourth-order valence-electron chi connectivity index (χ4n) is 6.10. The van der Waals surface area contributed by atoms with Gasteiger partial charge in [0.15, 0.2) is 17.3 Å². The van der Waals surface area contributed by atoms with Crippen LogP contribution in [0.25, 0.3) is 0 Å². The normalized spacial score (nSPS) is 23.5. The monoisotopic (exact) mass is 552 g/mol. The number of halogens is 3. The SMILES string of the molecule is COc1cc(C(=O)N[C@@]2(C(F)(F)F)C(=O)N(CC3CCCCC3)C3=C2C(=O)CC(C)(C)C3)cc(OC)c1OC. The number of nitrogens with one attached hydrogen (secondary N) is 1. The van der Waals surface area contributed by atoms with Gasteiger partial charge in [0, 0.05) is 24.2 Å². The van der Waals surface area contributed by atoms with Crippen LogP contribution < -0.4 is 19.5 Å². The molecule has 39 heavy (non-hydrogen) atoms. The Balaban J connectivity index is 1.83. The van der Waals surface area contributed by atoms with Crippen molar-refractivity contribution >= 4 is 17.6 Å². The van der Waals surface area contributed by atoms with Gasteiger partial charge in [-0.05, 0) is 42.7 Å². The molecule has 0 saturated heterocycles. The van der Waals surface area contributed by atoms with Crippen LogP contribution in [0, 0.1) is 11.3 Å². The van der Waals surface area contributed by atoms with Crippen molar-refractivity contribution in [2.45, 2.75) is 70.5 Å². The average Bonchev–Trinajstić information content (AvgIpc) is 3.10. The molecule has 1 fully saturated rings. The molecule has 2 aliphatic carbocycles. The summed E-state index contributed by atoms with van der Waals surface area (Å²) in [4.78, 5) is 41.9. The second kappa shape index (κ2) is 10.4. The number of hydrogen-bond acceptors (Lipinski definition) is 6. The molecular weight excluding hydrogens is 517 g/mol. The van der Waals surface area contributed by atoms with Gasteiger partial charge in [0.05, 0.1) is 26.9 Å². The smallest absolute Gasteiger partial charge is 0.425 e. The molecule has 0 spiro atoms. The Labute approximate surface area is 225 Å². The first-order valence-electron chi connectivity index (χ1n) is 13.1. The molecule has 1 aromatic rings. The summed E-state index contributed by atoms with van der Waals surface area (Å²) in [5, 5.41) is 1.98. The molecule has 1 aromatic carbocycles. The molecule has 11 heteroatoms. The summed E-state index contributed by atoms with van der Waals surface area (Å²) in [6.45, 7) is 3.67. The van der Waals surface area contributed by atoms with Crippen LogP contribution in [0.4, 0.5) is 13.2 Å². The number of amides is 2. The van der Waals surface area contributed by atoms with Crippen LogP contribution in [0.5, 0.6) is 17.2 Å². The van der Waals surface area contributed by atoms with E-state index in [1.165, 1.54) is 33.5 Å². The number of ether oxygens (including phenoxy) is 3. The van der Waals surface area contributed by atoms with Crippen molar-refractivity contribution in [3.63, 3.8) is 0 Å². The van der Waals surface area contributed by atoms with Crippen LogP contribution >= 0.6 is 0 Å². The molecule has 4 rings (SSSR count). The van der Waals surface area contributed by atoms with E-state index in [9.17, 15) is 14.4 Å². The summed E-state index contributed by atoms with van der Waals surface area (Å²) < 4.78 is 61.1. The lowest BCUT2D eigenvalue weighted by Gasteiger charge is -2.35. The van der Waals surface area contributed by atoms with Crippen LogP contribution in [0.2, 0.25) is 0 Å². The summed E-state index contributed by atoms with van der Waals surface area (Å²) in [5.41, 5.74) is -4.99. The van der Waals surface area contributed by atoms with Crippen molar-refractivity contribution < 1.29 is 41.8 Å². The van der Waals surface area contributed by atoms with Crippen molar-refractivity contribution in [2.24, 2.45) is 11.3 Å². The molecule has 1 heterocycles. The number of benzene rings is 1. The number of hydrogen-bond donors (Lipinski definition) is 1. The van der Waals surface area contributed by atoms with Crippen LogP contribution in [-0.2, 0) is 9.59 Å². The zero-order valence-corrected chi connectivity index (χ0v) is 22.9. The Hall–Kier alpha value is -3.24. The number of alkyl halides is 3. The summed E-state index contributed by atoms with van der Waals surface area (Å²) in [6, 6.07) is 2.39. The predicted octanol–water partition coefficient (Wildman–Crippen LogP) is 4.81. The largest absolute Gasteiger partial charge is 0.493 e. The van der Waals surface area contributed by atoms with Gasteiger partial charge in [-0.15, -0.1) is 0 Å². The topological polar surface area (TPSA) is 94.2 Å². The minimum atomic E-state index is -5.28. The highest BCUT2D eigenvalue weighted by molar-refractivity contribution is 6.14. The number of nitrogens with zero attached hydrogens (tertiary/aromatic N) is 1. The van der Waals surface area contributed by atoms with E-state index in [-0.39, 0.29) is 53.8 Å². The third-order valence-electron chi connectivity index (χ3n) is 7.94. The molecule has 1 N–H and O–H groups in total. The highest BCUT2D eigenvalue weighted by atomic mass is 19.4. The van der Waals surface area contributed by atoms with Gasteiger partial charge >= 0.3 is 6.18 Å². The molecule has 1 saturated carbocycles. The number of carbonyl (C=O) groups is 3. The highest BCUT2D eigenvalue weighted by Crippen LogP contribution is 2.52. The zero-order chi connectivity index (χ0) is 28.8. The average molecular weight is 553 g/mol. The Bertz CT molecular complexity index is 1180. The lowest BCUT2D eigenvalue weighted by molar-refractivity contribution is -0.190. The van der Waals surface area contributed by atoms with Crippen LogP contribution in [0.1, 0.15) is 69.2 Å². The number of allylic oxidation sites excluding steroid dienone is 1. The standard InChI is InChI=1S/C28H35F3N2O6/c1-26(2)13-18-22(19(34)14-26)27(28(29,30)31,25(36)33(18)15-16-9-7-6-8-10-16)32-24(35)17-11-20(37-3)23(39-5)21(12-17)38-4/h11-12,16H,6-10,13-15H2,1-5H3,(H,32,35)/t27-/m1/s1. The molecule has 0 bridgehead atoms. The molecule has 1 atom stereocenters. The maximum atomic E-state index is 15.1. The number of methoxy groups -OCH3 is 3. The van der Waals surface area contributed by atoms with E-state index < -0.39 is 40.3 Å². The summed E-state index contributed by atoms with van der Waals surface area (Å²) in [5.74, 6) is -3.06. The van der Waals surface area contributed by atoms with Gasteiger partial charge in [-0.3, -0.25) is 14.4 Å². The molecule has 214 valence electrons. The second-order valence-electron chi connectivity index (χ2n) is 11.3. The quantitative estimate of drug-likeness (QED) is 0.522. The number of carbonyl (C=O) groups excluding carboxylic acids is 3. The van der Waals surface area contributed by atoms with Gasteiger partial charge in [-0.1, -0.05) is 33.1 Å². The number of Topliss-reactive ketones (excluding diaryl/α,β-unsaturated/α-hetero) is 1. The summed E-state index contributed by atoms with van der Waals surface area (Å²) >= 11 is 0. The zero-order valence-electron chi connectivity index (χ0n) is 22.9. The van der Waals surface area contributed by atoms with Gasteiger partial charge in [-0.2, -0.15) is 13.2 Å². The van der Waals surface area contributed by atoms with Crippen LogP contribution in [0.3, 0.4) is 0 Å². The third-order valence-corrected chi connectivity index (χ3v) is 7.94. The molecule has 8 nitrogen and oxygen atoms in total. The van der Waals surface area contributed by atoms with Gasteiger partial charge < -0.3 is 24.4 Å². The predicted molar refractivity (Wildman–Crippen MR) is 136 cm³/mol. The number of rotatable bonds is 7. The third kappa shape index (κ3) is 4.96. The Kier molecular flexibility index (Phi) is 7.66. The van der Waals surface area contributed by atoms with E-state index in [0.29, 0.717) is 0 Å². The minimum absolute atomic E-state index is 0.0198. The summed E-state index contributed by atoms with van der Waals surface area (Å²) in [7, 11) is 3.96. The Morgan fingerprint density at radius 1 is 1.00 bits per heavy atom. The van der Waals surface area contributed by atoms with Gasteiger partial charge in [0.1, 0.15) is 0 Å². The minimum Gasteiger partial charge on any atom is -0.493 e. The fourth-order valence-corrected chi connectivity index (χ4v) is 6.10. The summed E-state index contributed by atoms with van der Waals surface area (Å²) in [6.07, 6.45) is -0.836. The lowest BCUT2D eigenvalue weighted by atomic mass is 9.72. The molecule has 0 unspecified atom stereocenters. The molecule has 2 amide bonds. The van der Waals surface area contributed by atoms with Crippen molar-refractivity contribution in [3.8, 4) is 17.2 Å². The van der Waals surface area contributed by atoms with Gasteiger partial charge in [0.2, 0.25) is 11.3 Å². The van der Waals surface area contributed by atoms with Gasteiger partial charge in [0.25, 0.3) is 11.8 Å². The van der Waals surface area contributed by atoms with Crippen molar-refractivity contribution in [2.75, 3.05) is 27.9 Å². The lowest BCUT2D eigenvalue weighted by Crippen LogP contribution is -2.66. The van der Waals surface area contributed by atoms with E-state index in [0.717, 1.165) is 37.0 Å². The molecule has 0 aromatic heterocycles. The van der Waals surface area contributed by atoms with E-state index in [1.807, 2.05) is 5.32 Å². The van der Waals surface area contributed by atoms with E-state index in [2.05, 4.69) is 0 Å². The van der Waals surface area contributed by atoms with E-state index >= 15 is 13.2 Å². The second-order valence-corrected chi connectivity index (χ2v) is 11.3. The Morgan fingerprint density at radius 3 is 2.10 bits per heavy atom. The van der Waals surface area contributed by atoms with Crippen LogP contribution in [0.15, 0.2) is 23.4 Å². The van der Waals surface area contributed by atoms with Crippen molar-refractivity contribution in [3.05, 3.63) is 29.0 Å². The van der Waals surface area contributed by atoms with E-state index in [4.69, 9.17) is 14.2 Å². The van der Waals surface area contributed by atoms with E-state index in [1.54, 1.807) is 13.8 Å². The van der Waals surface area contributed by atoms with Crippen LogP contribution in [-0.4, -0.2) is 62.1 Å². The first-order chi connectivity index (χ1) is 18.3. The number of ketones is 1. The fraction of sp³-hybridized carbons (Fsp3) is 0.607. The Morgan fingerprint density at radius 2 is 1.59 bits per heavy atom. The molecule has 3 aliphatic rings. The first kappa shape index (κ1) is 28.8. The maximum Gasteiger partial charge on any atom is 0.425 e. The van der Waals surface area contributed by atoms with Gasteiger partial charge in [-0.25, -0.2) is 0 Å². The van der Waals surface area contributed by atoms with Crippen molar-refractivity contribution in [1.82, 2.24) is 10.2 Å². The van der Waals surface area contributed by atoms with Crippen molar-refractivity contribution in [1.29, 1.82) is 0 Å².